The Morgan fingerprint density at radius 1 is 1.11 bits per heavy atom. The molecule has 0 aromatic carbocycles. The summed E-state index contributed by atoms with van der Waals surface area (Å²) in [5, 5.41) is 8.88. The first kappa shape index (κ1) is 26.3. The maximum atomic E-state index is 12.3. The van der Waals surface area contributed by atoms with Crippen LogP contribution in [0, 0.1) is 5.41 Å². The van der Waals surface area contributed by atoms with Crippen molar-refractivity contribution in [1.29, 1.82) is 0 Å². The smallest absolute Gasteiger partial charge is 0.477 e. The highest BCUT2D eigenvalue weighted by molar-refractivity contribution is 7.99. The summed E-state index contributed by atoms with van der Waals surface area (Å²) in [6.07, 6.45) is 0.873. The molecule has 0 radical (unpaired) electrons. The minimum absolute atomic E-state index is 0.00791. The molecule has 0 saturated carbocycles. The molecule has 0 amide bonds. The molecule has 8 nitrogen and oxygen atoms in total. The number of quaternary nitrogens is 1. The van der Waals surface area contributed by atoms with Crippen LogP contribution in [0.3, 0.4) is 0 Å². The molecule has 0 aromatic heterocycles. The Hall–Kier alpha value is -0.653. The Morgan fingerprint density at radius 2 is 1.67 bits per heavy atom. The van der Waals surface area contributed by atoms with Gasteiger partial charge in [0.05, 0.1) is 19.5 Å². The lowest BCUT2D eigenvalue weighted by molar-refractivity contribution is -0.883. The summed E-state index contributed by atoms with van der Waals surface area (Å²) in [6, 6.07) is 0.727. The molecular formula is C17H36NO7SSi+. The number of likely N-dealkylation sites (N-methyl/N-ethyl adjacent to an activating group) is 1. The third-order valence-electron chi connectivity index (χ3n) is 4.21. The summed E-state index contributed by atoms with van der Waals surface area (Å²) in [7, 11) is 5.86. The summed E-state index contributed by atoms with van der Waals surface area (Å²) >= 11 is 1.68. The quantitative estimate of drug-likeness (QED) is 0.183. The molecule has 0 bridgehead atoms. The molecule has 10 heteroatoms. The van der Waals surface area contributed by atoms with Crippen LogP contribution in [0.2, 0.25) is 6.04 Å². The average Bonchev–Trinajstić information content (AvgIpc) is 2.57. The van der Waals surface area contributed by atoms with Crippen LogP contribution in [-0.4, -0.2) is 97.0 Å². The number of aliphatic carboxylic acids is 1. The monoisotopic (exact) mass is 426 g/mol. The van der Waals surface area contributed by atoms with Gasteiger partial charge in [-0.25, -0.2) is 4.79 Å². The fourth-order valence-electron chi connectivity index (χ4n) is 2.36. The van der Waals surface area contributed by atoms with Crippen LogP contribution in [0.1, 0.15) is 20.3 Å². The standard InChI is InChI=1S/C17H35NO7SSi/c1-17(2,14-26-11-8-12-27(22-5,23-6)24-7)16(21)25-10-9-18(3,4)13-15(19)20/h8-14H2,1-7H3/p+1. The lowest BCUT2D eigenvalue weighted by atomic mass is 9.97. The zero-order valence-electron chi connectivity index (χ0n) is 17.7. The summed E-state index contributed by atoms with van der Waals surface area (Å²) in [5.74, 6) is 0.371. The Kier molecular flexibility index (Phi) is 11.7. The molecule has 0 fully saturated rings. The fraction of sp³-hybridized carbons (Fsp3) is 0.882. The third-order valence-corrected chi connectivity index (χ3v) is 8.55. The number of carboxylic acids is 1. The van der Waals surface area contributed by atoms with Crippen molar-refractivity contribution in [3.05, 3.63) is 0 Å². The molecule has 0 aliphatic heterocycles. The van der Waals surface area contributed by atoms with E-state index in [2.05, 4.69) is 0 Å². The van der Waals surface area contributed by atoms with E-state index in [1.165, 1.54) is 0 Å². The Labute approximate surface area is 168 Å². The van der Waals surface area contributed by atoms with E-state index in [1.807, 2.05) is 13.8 Å². The molecule has 1 N–H and O–H groups in total. The van der Waals surface area contributed by atoms with Gasteiger partial charge in [-0.3, -0.25) is 4.79 Å². The number of carboxylic acid groups (broad SMARTS) is 1. The summed E-state index contributed by atoms with van der Waals surface area (Å²) in [4.78, 5) is 23.1. The van der Waals surface area contributed by atoms with Crippen LogP contribution in [0.25, 0.3) is 0 Å². The van der Waals surface area contributed by atoms with E-state index in [-0.39, 0.29) is 23.6 Å². The fourth-order valence-corrected chi connectivity index (χ4v) is 5.46. The van der Waals surface area contributed by atoms with Crippen LogP contribution in [0.4, 0.5) is 0 Å². The average molecular weight is 427 g/mol. The van der Waals surface area contributed by atoms with Crippen molar-refractivity contribution >= 4 is 32.5 Å². The van der Waals surface area contributed by atoms with Crippen LogP contribution in [-0.2, 0) is 27.6 Å². The molecule has 0 aliphatic rings. The van der Waals surface area contributed by atoms with Gasteiger partial charge in [0, 0.05) is 33.1 Å². The van der Waals surface area contributed by atoms with Gasteiger partial charge in [0.25, 0.3) is 0 Å². The van der Waals surface area contributed by atoms with Crippen LogP contribution < -0.4 is 0 Å². The number of ether oxygens (including phenoxy) is 1. The van der Waals surface area contributed by atoms with E-state index in [0.717, 1.165) is 18.2 Å². The first-order valence-corrected chi connectivity index (χ1v) is 12.0. The van der Waals surface area contributed by atoms with Crippen molar-refractivity contribution in [2.45, 2.75) is 26.3 Å². The predicted octanol–water partition coefficient (Wildman–Crippen LogP) is 1.72. The van der Waals surface area contributed by atoms with Crippen molar-refractivity contribution in [2.75, 3.05) is 66.6 Å². The van der Waals surface area contributed by atoms with Gasteiger partial charge >= 0.3 is 20.7 Å². The number of esters is 1. The van der Waals surface area contributed by atoms with Gasteiger partial charge in [0.15, 0.2) is 6.54 Å². The number of thioether (sulfide) groups is 1. The first-order valence-electron chi connectivity index (χ1n) is 8.88. The van der Waals surface area contributed by atoms with Crippen molar-refractivity contribution < 1.29 is 37.2 Å². The highest BCUT2D eigenvalue weighted by Crippen LogP contribution is 2.25. The van der Waals surface area contributed by atoms with Gasteiger partial charge in [-0.05, 0) is 26.0 Å². The van der Waals surface area contributed by atoms with Gasteiger partial charge in [-0.15, -0.1) is 0 Å². The molecule has 0 aromatic rings. The second kappa shape index (κ2) is 12.0. The maximum Gasteiger partial charge on any atom is 0.500 e. The van der Waals surface area contributed by atoms with E-state index in [9.17, 15) is 9.59 Å². The third kappa shape index (κ3) is 10.5. The lowest BCUT2D eigenvalue weighted by Gasteiger charge is -2.28. The van der Waals surface area contributed by atoms with Crippen LogP contribution >= 0.6 is 11.8 Å². The molecule has 27 heavy (non-hydrogen) atoms. The lowest BCUT2D eigenvalue weighted by Crippen LogP contribution is -2.46. The molecular weight excluding hydrogens is 390 g/mol. The molecule has 0 heterocycles. The van der Waals surface area contributed by atoms with Crippen molar-refractivity contribution in [2.24, 2.45) is 5.41 Å². The topological polar surface area (TPSA) is 91.3 Å². The van der Waals surface area contributed by atoms with Crippen LogP contribution in [0.5, 0.6) is 0 Å². The Morgan fingerprint density at radius 3 is 2.15 bits per heavy atom. The van der Waals surface area contributed by atoms with E-state index < -0.39 is 20.2 Å². The van der Waals surface area contributed by atoms with Crippen LogP contribution in [0.15, 0.2) is 0 Å². The zero-order chi connectivity index (χ0) is 21.1. The number of rotatable bonds is 15. The van der Waals surface area contributed by atoms with Gasteiger partial charge in [0.2, 0.25) is 0 Å². The van der Waals surface area contributed by atoms with E-state index in [1.54, 1.807) is 47.2 Å². The van der Waals surface area contributed by atoms with E-state index in [4.69, 9.17) is 23.1 Å². The largest absolute Gasteiger partial charge is 0.500 e. The Bertz CT molecular complexity index is 462. The normalized spacial score (nSPS) is 12.9. The van der Waals surface area contributed by atoms with Gasteiger partial charge < -0.3 is 27.6 Å². The molecule has 0 unspecified atom stereocenters. The number of carbonyl (C=O) groups is 2. The highest BCUT2D eigenvalue weighted by atomic mass is 32.2. The van der Waals surface area contributed by atoms with Gasteiger partial charge in [0.1, 0.15) is 13.2 Å². The molecule has 160 valence electrons. The minimum Gasteiger partial charge on any atom is -0.477 e. The highest BCUT2D eigenvalue weighted by Gasteiger charge is 2.37. The van der Waals surface area contributed by atoms with E-state index in [0.29, 0.717) is 12.3 Å². The summed E-state index contributed by atoms with van der Waals surface area (Å²) < 4.78 is 21.8. The maximum absolute atomic E-state index is 12.3. The molecule has 0 saturated heterocycles. The van der Waals surface area contributed by atoms with Crippen molar-refractivity contribution in [3.63, 3.8) is 0 Å². The number of carbonyl (C=O) groups excluding carboxylic acids is 1. The molecule has 0 spiro atoms. The predicted molar refractivity (Wildman–Crippen MR) is 108 cm³/mol. The second-order valence-electron chi connectivity index (χ2n) is 7.68. The van der Waals surface area contributed by atoms with Crippen molar-refractivity contribution in [1.82, 2.24) is 0 Å². The van der Waals surface area contributed by atoms with Gasteiger partial charge in [-0.2, -0.15) is 11.8 Å². The minimum atomic E-state index is -2.53. The number of hydrogen-bond acceptors (Lipinski definition) is 7. The van der Waals surface area contributed by atoms with E-state index >= 15 is 0 Å². The van der Waals surface area contributed by atoms with Crippen molar-refractivity contribution in [3.8, 4) is 0 Å². The molecule has 0 aliphatic carbocycles. The first-order chi connectivity index (χ1) is 12.4. The molecule has 0 atom stereocenters. The summed E-state index contributed by atoms with van der Waals surface area (Å²) in [5.41, 5.74) is -0.604. The molecule has 0 rings (SSSR count). The van der Waals surface area contributed by atoms with Gasteiger partial charge in [-0.1, -0.05) is 0 Å². The number of hydrogen-bond donors (Lipinski definition) is 1. The SMILES string of the molecule is CO[Si](CCCSCC(C)(C)C(=O)OCC[N+](C)(C)CC(=O)O)(OC)OC. The Balaban J connectivity index is 4.20. The zero-order valence-corrected chi connectivity index (χ0v) is 19.5. The second-order valence-corrected chi connectivity index (χ2v) is 11.9. The summed E-state index contributed by atoms with van der Waals surface area (Å²) in [6.45, 7) is 4.37. The number of nitrogens with zero attached hydrogens (tertiary/aromatic N) is 1.